The number of benzene rings is 1. The minimum Gasteiger partial charge on any atom is -0.469 e. The Hall–Kier alpha value is -2.37. The molecule has 6 heteroatoms. The summed E-state index contributed by atoms with van der Waals surface area (Å²) in [6, 6.07) is 6.66. The molecule has 0 N–H and O–H groups in total. The van der Waals surface area contributed by atoms with Gasteiger partial charge in [0.2, 0.25) is 0 Å². The number of rotatable bonds is 4. The van der Waals surface area contributed by atoms with E-state index in [-0.39, 0.29) is 35.3 Å². The average Bonchev–Trinajstić information content (AvgIpc) is 2.65. The Morgan fingerprint density at radius 1 is 1.04 bits per heavy atom. The molecule has 1 aromatic carbocycles. The van der Waals surface area contributed by atoms with Gasteiger partial charge in [0.1, 0.15) is 0 Å². The van der Waals surface area contributed by atoms with Gasteiger partial charge in [-0.1, -0.05) is 19.1 Å². The van der Waals surface area contributed by atoms with E-state index in [1.165, 1.54) is 14.2 Å². The van der Waals surface area contributed by atoms with Crippen LogP contribution in [0.4, 0.5) is 0 Å². The third-order valence-electron chi connectivity index (χ3n) is 5.04. The Bertz CT molecular complexity index is 657. The molecule has 1 aliphatic rings. The van der Waals surface area contributed by atoms with Crippen LogP contribution in [-0.2, 0) is 14.3 Å². The minimum absolute atomic E-state index is 0.0131. The predicted octanol–water partition coefficient (Wildman–Crippen LogP) is 2.52. The molecule has 1 aromatic rings. The van der Waals surface area contributed by atoms with Crippen LogP contribution in [0.5, 0.6) is 0 Å². The third kappa shape index (κ3) is 4.00. The van der Waals surface area contributed by atoms with Crippen molar-refractivity contribution in [3.05, 3.63) is 35.4 Å². The van der Waals surface area contributed by atoms with E-state index < -0.39 is 5.97 Å². The van der Waals surface area contributed by atoms with Gasteiger partial charge in [0.05, 0.1) is 31.3 Å². The lowest BCUT2D eigenvalue weighted by atomic mass is 9.78. The quantitative estimate of drug-likeness (QED) is 0.783. The summed E-state index contributed by atoms with van der Waals surface area (Å²) in [5.74, 6) is -0.872. The van der Waals surface area contributed by atoms with Gasteiger partial charge in [-0.15, -0.1) is 0 Å². The van der Waals surface area contributed by atoms with Crippen molar-refractivity contribution in [3.8, 4) is 0 Å². The second kappa shape index (κ2) is 8.14. The van der Waals surface area contributed by atoms with Gasteiger partial charge >= 0.3 is 11.9 Å². The van der Waals surface area contributed by atoms with Crippen molar-refractivity contribution in [3.63, 3.8) is 0 Å². The molecule has 1 aliphatic carbocycles. The third-order valence-corrected chi connectivity index (χ3v) is 5.04. The molecule has 0 saturated heterocycles. The van der Waals surface area contributed by atoms with Crippen molar-refractivity contribution in [2.24, 2.45) is 11.8 Å². The van der Waals surface area contributed by atoms with Gasteiger partial charge in [-0.25, -0.2) is 4.79 Å². The highest BCUT2D eigenvalue weighted by molar-refractivity contribution is 6.05. The van der Waals surface area contributed by atoms with Crippen LogP contribution in [0.3, 0.4) is 0 Å². The normalized spacial score (nSPS) is 22.8. The van der Waals surface area contributed by atoms with Crippen LogP contribution in [0.25, 0.3) is 0 Å². The van der Waals surface area contributed by atoms with Crippen molar-refractivity contribution >= 4 is 17.8 Å². The Labute approximate surface area is 148 Å². The molecule has 0 aromatic heterocycles. The fourth-order valence-electron chi connectivity index (χ4n) is 3.63. The lowest BCUT2D eigenvalue weighted by Gasteiger charge is -2.38. The van der Waals surface area contributed by atoms with E-state index in [1.807, 2.05) is 6.92 Å². The van der Waals surface area contributed by atoms with E-state index in [1.54, 1.807) is 36.2 Å². The monoisotopic (exact) mass is 347 g/mol. The van der Waals surface area contributed by atoms with Crippen LogP contribution in [0.15, 0.2) is 24.3 Å². The van der Waals surface area contributed by atoms with E-state index in [2.05, 4.69) is 0 Å². The maximum absolute atomic E-state index is 12.9. The zero-order valence-corrected chi connectivity index (χ0v) is 15.2. The average molecular weight is 347 g/mol. The number of carbonyl (C=O) groups is 3. The fourth-order valence-corrected chi connectivity index (χ4v) is 3.63. The molecule has 3 atom stereocenters. The Kier molecular flexibility index (Phi) is 6.17. The standard InChI is InChI=1S/C19H25NO5/c1-12-11-13(18(22)24-3)9-10-16(12)20(2)17(21)14-7-5-6-8-15(14)19(23)25-4/h5-8,12-13,16H,9-11H2,1-4H3/t12-,13-,16+/m0/s1. The molecule has 0 aliphatic heterocycles. The highest BCUT2D eigenvalue weighted by Gasteiger charge is 2.36. The number of amides is 1. The zero-order chi connectivity index (χ0) is 18.6. The number of esters is 2. The molecule has 1 saturated carbocycles. The smallest absolute Gasteiger partial charge is 0.338 e. The van der Waals surface area contributed by atoms with Gasteiger partial charge in [0.25, 0.3) is 5.91 Å². The van der Waals surface area contributed by atoms with Crippen molar-refractivity contribution in [1.82, 2.24) is 4.90 Å². The topological polar surface area (TPSA) is 72.9 Å². The van der Waals surface area contributed by atoms with Gasteiger partial charge in [-0.2, -0.15) is 0 Å². The molecule has 2 rings (SSSR count). The number of nitrogens with zero attached hydrogens (tertiary/aromatic N) is 1. The first-order valence-electron chi connectivity index (χ1n) is 8.43. The Balaban J connectivity index is 2.16. The van der Waals surface area contributed by atoms with Crippen LogP contribution in [0.2, 0.25) is 0 Å². The van der Waals surface area contributed by atoms with E-state index >= 15 is 0 Å². The first-order chi connectivity index (χ1) is 11.9. The molecular weight excluding hydrogens is 322 g/mol. The molecule has 0 radical (unpaired) electrons. The molecule has 25 heavy (non-hydrogen) atoms. The summed E-state index contributed by atoms with van der Waals surface area (Å²) in [6.45, 7) is 2.04. The van der Waals surface area contributed by atoms with Crippen LogP contribution in [0.1, 0.15) is 46.9 Å². The molecule has 0 heterocycles. The predicted molar refractivity (Wildman–Crippen MR) is 92.2 cm³/mol. The van der Waals surface area contributed by atoms with Gasteiger partial charge in [-0.05, 0) is 37.3 Å². The summed E-state index contributed by atoms with van der Waals surface area (Å²) >= 11 is 0. The van der Waals surface area contributed by atoms with Crippen LogP contribution in [-0.4, -0.2) is 50.1 Å². The van der Waals surface area contributed by atoms with Crippen molar-refractivity contribution < 1.29 is 23.9 Å². The maximum Gasteiger partial charge on any atom is 0.338 e. The molecule has 1 fully saturated rings. The second-order valence-electron chi connectivity index (χ2n) is 6.53. The molecule has 0 unspecified atom stereocenters. The minimum atomic E-state index is -0.528. The molecule has 136 valence electrons. The highest BCUT2D eigenvalue weighted by atomic mass is 16.5. The van der Waals surface area contributed by atoms with Crippen molar-refractivity contribution in [2.75, 3.05) is 21.3 Å². The Morgan fingerprint density at radius 2 is 1.68 bits per heavy atom. The van der Waals surface area contributed by atoms with E-state index in [0.717, 1.165) is 6.42 Å². The molecule has 1 amide bonds. The lowest BCUT2D eigenvalue weighted by molar-refractivity contribution is -0.147. The largest absolute Gasteiger partial charge is 0.469 e. The van der Waals surface area contributed by atoms with Crippen molar-refractivity contribution in [2.45, 2.75) is 32.2 Å². The van der Waals surface area contributed by atoms with Gasteiger partial charge in [-0.3, -0.25) is 9.59 Å². The molecular formula is C19H25NO5. The van der Waals surface area contributed by atoms with E-state index in [4.69, 9.17) is 9.47 Å². The second-order valence-corrected chi connectivity index (χ2v) is 6.53. The van der Waals surface area contributed by atoms with Crippen LogP contribution < -0.4 is 0 Å². The van der Waals surface area contributed by atoms with E-state index in [0.29, 0.717) is 18.4 Å². The lowest BCUT2D eigenvalue weighted by Crippen LogP contribution is -2.45. The SMILES string of the molecule is COC(=O)c1ccccc1C(=O)N(C)[C@@H]1CC[C@H](C(=O)OC)C[C@@H]1C. The van der Waals surface area contributed by atoms with Gasteiger partial charge in [0, 0.05) is 13.1 Å². The number of hydrogen-bond acceptors (Lipinski definition) is 5. The van der Waals surface area contributed by atoms with Crippen LogP contribution >= 0.6 is 0 Å². The maximum atomic E-state index is 12.9. The van der Waals surface area contributed by atoms with Gasteiger partial charge in [0.15, 0.2) is 0 Å². The summed E-state index contributed by atoms with van der Waals surface area (Å²) in [5.41, 5.74) is 0.594. The molecule has 0 spiro atoms. The summed E-state index contributed by atoms with van der Waals surface area (Å²) < 4.78 is 9.60. The van der Waals surface area contributed by atoms with Gasteiger partial charge < -0.3 is 14.4 Å². The first-order valence-corrected chi connectivity index (χ1v) is 8.43. The molecule has 0 bridgehead atoms. The van der Waals surface area contributed by atoms with E-state index in [9.17, 15) is 14.4 Å². The van der Waals surface area contributed by atoms with Crippen molar-refractivity contribution in [1.29, 1.82) is 0 Å². The summed E-state index contributed by atoms with van der Waals surface area (Å²) in [6.07, 6.45) is 2.11. The van der Waals surface area contributed by atoms with Crippen LogP contribution in [0, 0.1) is 11.8 Å². The summed E-state index contributed by atoms with van der Waals surface area (Å²) in [7, 11) is 4.44. The zero-order valence-electron chi connectivity index (χ0n) is 15.2. The molecule has 6 nitrogen and oxygen atoms in total. The first kappa shape index (κ1) is 19.0. The fraction of sp³-hybridized carbons (Fsp3) is 0.526. The number of hydrogen-bond donors (Lipinski definition) is 0. The number of carbonyl (C=O) groups excluding carboxylic acids is 3. The Morgan fingerprint density at radius 3 is 2.24 bits per heavy atom. The summed E-state index contributed by atoms with van der Waals surface area (Å²) in [5, 5.41) is 0. The number of ether oxygens (including phenoxy) is 2. The number of methoxy groups -OCH3 is 2. The highest BCUT2D eigenvalue weighted by Crippen LogP contribution is 2.33. The summed E-state index contributed by atoms with van der Waals surface area (Å²) in [4.78, 5) is 38.3.